The molecule has 0 unspecified atom stereocenters. The number of ether oxygens (including phenoxy) is 1. The van der Waals surface area contributed by atoms with E-state index < -0.39 is 24.7 Å². The van der Waals surface area contributed by atoms with E-state index in [2.05, 4.69) is 0 Å². The highest BCUT2D eigenvalue weighted by Crippen LogP contribution is 2.42. The van der Waals surface area contributed by atoms with Gasteiger partial charge in [0.1, 0.15) is 12.3 Å². The Labute approximate surface area is 234 Å². The number of aromatic carboxylic acids is 1. The molecule has 8 nitrogen and oxygen atoms in total. The lowest BCUT2D eigenvalue weighted by atomic mass is 9.74. The van der Waals surface area contributed by atoms with Crippen LogP contribution in [0.25, 0.3) is 11.0 Å². The number of carboxylic acids is 1. The van der Waals surface area contributed by atoms with Crippen molar-refractivity contribution in [3.63, 3.8) is 0 Å². The standard InChI is InChI=1S/C31H41FN2O6/c1-39-23-9-7-19(8-10-23)24-12-13-34(30(36)21-5-3-20(4-6-21)25(33)17-32)29(24)26(35)15-18-2-11-27-22(14-18)16-28(40-27)31(37)38/h2,11,14,16,19-21,23-25,29H,3-10,12-13,15,17,33H2,1H3,(H,37,38)/t19?,20?,21?,23?,24-,25+,29-/m0/s1. The maximum absolute atomic E-state index is 14.0. The molecule has 0 bridgehead atoms. The average Bonchev–Trinajstić information content (AvgIpc) is 3.61. The molecule has 1 saturated heterocycles. The number of halogens is 1. The first kappa shape index (κ1) is 28.7. The monoisotopic (exact) mass is 556 g/mol. The summed E-state index contributed by atoms with van der Waals surface area (Å²) in [7, 11) is 1.75. The zero-order valence-corrected chi connectivity index (χ0v) is 23.2. The third-order valence-corrected chi connectivity index (χ3v) is 9.79. The molecule has 1 amide bonds. The number of carboxylic acid groups (broad SMARTS) is 1. The number of benzene rings is 1. The molecule has 1 aliphatic heterocycles. The Bertz CT molecular complexity index is 1210. The van der Waals surface area contributed by atoms with Gasteiger partial charge >= 0.3 is 5.97 Å². The van der Waals surface area contributed by atoms with Crippen molar-refractivity contribution in [1.82, 2.24) is 4.90 Å². The molecule has 5 rings (SSSR count). The predicted octanol–water partition coefficient (Wildman–Crippen LogP) is 4.77. The summed E-state index contributed by atoms with van der Waals surface area (Å²) in [6.45, 7) is 0.0397. The molecule has 40 heavy (non-hydrogen) atoms. The number of hydrogen-bond donors (Lipinski definition) is 2. The van der Waals surface area contributed by atoms with Crippen molar-refractivity contribution in [1.29, 1.82) is 0 Å². The largest absolute Gasteiger partial charge is 0.475 e. The quantitative estimate of drug-likeness (QED) is 0.456. The summed E-state index contributed by atoms with van der Waals surface area (Å²) in [4.78, 5) is 41.1. The second-order valence-electron chi connectivity index (χ2n) is 12.1. The first-order valence-electron chi connectivity index (χ1n) is 14.7. The molecule has 2 aliphatic carbocycles. The molecule has 2 saturated carbocycles. The van der Waals surface area contributed by atoms with Crippen molar-refractivity contribution in [2.75, 3.05) is 20.3 Å². The van der Waals surface area contributed by atoms with Gasteiger partial charge in [0.05, 0.1) is 12.1 Å². The molecule has 9 heteroatoms. The average molecular weight is 557 g/mol. The van der Waals surface area contributed by atoms with Gasteiger partial charge in [-0.1, -0.05) is 6.07 Å². The number of rotatable bonds is 9. The van der Waals surface area contributed by atoms with Crippen LogP contribution in [-0.4, -0.2) is 66.2 Å². The summed E-state index contributed by atoms with van der Waals surface area (Å²) in [6, 6.07) is 5.83. The maximum atomic E-state index is 14.0. The Morgan fingerprint density at radius 3 is 2.45 bits per heavy atom. The number of alkyl halides is 1. The third kappa shape index (κ3) is 5.96. The van der Waals surface area contributed by atoms with Crippen LogP contribution in [0, 0.1) is 23.7 Å². The number of likely N-dealkylation sites (tertiary alicyclic amines) is 1. The second kappa shape index (κ2) is 12.4. The van der Waals surface area contributed by atoms with Crippen LogP contribution >= 0.6 is 0 Å². The molecule has 3 aliphatic rings. The molecule has 2 heterocycles. The van der Waals surface area contributed by atoms with E-state index in [9.17, 15) is 23.9 Å². The Balaban J connectivity index is 1.34. The highest BCUT2D eigenvalue weighted by atomic mass is 19.1. The number of furan rings is 1. The van der Waals surface area contributed by atoms with Gasteiger partial charge in [0, 0.05) is 37.4 Å². The predicted molar refractivity (Wildman–Crippen MR) is 148 cm³/mol. The summed E-state index contributed by atoms with van der Waals surface area (Å²) in [5, 5.41) is 9.89. The summed E-state index contributed by atoms with van der Waals surface area (Å²) in [5.41, 5.74) is 7.17. The van der Waals surface area contributed by atoms with E-state index in [-0.39, 0.29) is 47.7 Å². The fourth-order valence-electron chi connectivity index (χ4n) is 7.49. The first-order chi connectivity index (χ1) is 19.3. The summed E-state index contributed by atoms with van der Waals surface area (Å²) in [5.74, 6) is -0.770. The SMILES string of the molecule is COC1CCC([C@@H]2CCN(C(=O)C3CCC([C@H](N)CF)CC3)[C@@H]2C(=O)Cc2ccc3oc(C(=O)O)cc3c2)CC1. The van der Waals surface area contributed by atoms with E-state index in [0.717, 1.165) is 50.5 Å². The molecular weight excluding hydrogens is 515 g/mol. The lowest BCUT2D eigenvalue weighted by Crippen LogP contribution is -2.48. The van der Waals surface area contributed by atoms with Crippen molar-refractivity contribution >= 4 is 28.6 Å². The minimum absolute atomic E-state index is 0.0270. The van der Waals surface area contributed by atoms with E-state index in [4.69, 9.17) is 14.9 Å². The van der Waals surface area contributed by atoms with E-state index in [1.54, 1.807) is 25.3 Å². The number of hydrogen-bond acceptors (Lipinski definition) is 6. The summed E-state index contributed by atoms with van der Waals surface area (Å²) in [6.07, 6.45) is 7.98. The van der Waals surface area contributed by atoms with Gasteiger partial charge in [-0.15, -0.1) is 0 Å². The zero-order chi connectivity index (χ0) is 28.4. The zero-order valence-electron chi connectivity index (χ0n) is 23.2. The number of methoxy groups -OCH3 is 1. The molecule has 2 aromatic rings. The number of nitrogens with two attached hydrogens (primary N) is 1. The van der Waals surface area contributed by atoms with E-state index in [1.807, 2.05) is 4.90 Å². The van der Waals surface area contributed by atoms with Crippen LogP contribution in [0.3, 0.4) is 0 Å². The Morgan fingerprint density at radius 1 is 1.07 bits per heavy atom. The van der Waals surface area contributed by atoms with Gasteiger partial charge in [-0.25, -0.2) is 9.18 Å². The lowest BCUT2D eigenvalue weighted by molar-refractivity contribution is -0.143. The van der Waals surface area contributed by atoms with Gasteiger partial charge < -0.3 is 24.9 Å². The first-order valence-corrected chi connectivity index (χ1v) is 14.7. The number of carbonyl (C=O) groups excluding carboxylic acids is 2. The fraction of sp³-hybridized carbons (Fsp3) is 0.645. The summed E-state index contributed by atoms with van der Waals surface area (Å²) >= 11 is 0. The van der Waals surface area contributed by atoms with E-state index in [1.165, 1.54) is 6.07 Å². The third-order valence-electron chi connectivity index (χ3n) is 9.79. The Kier molecular flexibility index (Phi) is 8.90. The molecule has 0 spiro atoms. The van der Waals surface area contributed by atoms with Crippen molar-refractivity contribution < 1.29 is 33.0 Å². The van der Waals surface area contributed by atoms with Gasteiger partial charge in [-0.05, 0) is 99.3 Å². The van der Waals surface area contributed by atoms with E-state index in [0.29, 0.717) is 36.3 Å². The van der Waals surface area contributed by atoms with Crippen LogP contribution in [0.4, 0.5) is 4.39 Å². The van der Waals surface area contributed by atoms with Crippen LogP contribution in [0.15, 0.2) is 28.7 Å². The topological polar surface area (TPSA) is 123 Å². The second-order valence-corrected chi connectivity index (χ2v) is 12.1. The highest BCUT2D eigenvalue weighted by Gasteiger charge is 2.47. The number of carbonyl (C=O) groups is 3. The molecule has 218 valence electrons. The molecule has 0 radical (unpaired) electrons. The smallest absolute Gasteiger partial charge is 0.371 e. The van der Waals surface area contributed by atoms with E-state index >= 15 is 0 Å². The van der Waals surface area contributed by atoms with Crippen molar-refractivity contribution in [2.45, 2.75) is 82.4 Å². The molecule has 3 atom stereocenters. The van der Waals surface area contributed by atoms with Crippen molar-refractivity contribution in [3.05, 3.63) is 35.6 Å². The number of nitrogens with zero attached hydrogens (tertiary/aromatic N) is 1. The molecule has 3 N–H and O–H groups in total. The van der Waals surface area contributed by atoms with Gasteiger partial charge in [-0.2, -0.15) is 0 Å². The maximum Gasteiger partial charge on any atom is 0.371 e. The summed E-state index contributed by atoms with van der Waals surface area (Å²) < 4.78 is 24.0. The number of fused-ring (bicyclic) bond motifs is 1. The van der Waals surface area contributed by atoms with Gasteiger partial charge in [-0.3, -0.25) is 9.59 Å². The fourth-order valence-corrected chi connectivity index (χ4v) is 7.49. The van der Waals surface area contributed by atoms with Crippen molar-refractivity contribution in [3.8, 4) is 0 Å². The van der Waals surface area contributed by atoms with Crippen molar-refractivity contribution in [2.24, 2.45) is 29.4 Å². The van der Waals surface area contributed by atoms with Crippen LogP contribution in [0.5, 0.6) is 0 Å². The number of amides is 1. The number of ketones is 1. The Morgan fingerprint density at radius 2 is 1.80 bits per heavy atom. The number of Topliss-reactive ketones (excluding diaryl/α,β-unsaturated/α-hetero) is 1. The van der Waals surface area contributed by atoms with Crippen LogP contribution in [0.2, 0.25) is 0 Å². The van der Waals surface area contributed by atoms with Gasteiger partial charge in [0.2, 0.25) is 11.7 Å². The molecule has 3 fully saturated rings. The molecule has 1 aromatic heterocycles. The normalized spacial score (nSPS) is 29.9. The van der Waals surface area contributed by atoms with Crippen LogP contribution in [-0.2, 0) is 20.7 Å². The van der Waals surface area contributed by atoms with Crippen LogP contribution < -0.4 is 5.73 Å². The minimum atomic E-state index is -1.14. The lowest BCUT2D eigenvalue weighted by Gasteiger charge is -2.37. The molecular formula is C31H41FN2O6. The van der Waals surface area contributed by atoms with Gasteiger partial charge in [0.15, 0.2) is 5.78 Å². The Hall–Kier alpha value is -2.78. The minimum Gasteiger partial charge on any atom is -0.475 e. The highest BCUT2D eigenvalue weighted by molar-refractivity contribution is 5.94. The van der Waals surface area contributed by atoms with Crippen LogP contribution in [0.1, 0.15) is 73.9 Å². The molecule has 1 aromatic carbocycles. The van der Waals surface area contributed by atoms with Gasteiger partial charge in [0.25, 0.3) is 0 Å².